The molecule has 1 amide bonds. The second-order valence-corrected chi connectivity index (χ2v) is 7.03. The van der Waals surface area contributed by atoms with Gasteiger partial charge < -0.3 is 10.4 Å². The van der Waals surface area contributed by atoms with E-state index >= 15 is 0 Å². The lowest BCUT2D eigenvalue weighted by Gasteiger charge is -2.11. The van der Waals surface area contributed by atoms with Gasteiger partial charge in [0.2, 0.25) is 0 Å². The molecule has 0 saturated heterocycles. The van der Waals surface area contributed by atoms with Gasteiger partial charge in [-0.3, -0.25) is 0 Å². The van der Waals surface area contributed by atoms with Crippen LogP contribution in [0.1, 0.15) is 110 Å². The molecule has 0 aromatic rings. The Hall–Kier alpha value is -0.990. The maximum absolute atomic E-state index is 10.6. The summed E-state index contributed by atoms with van der Waals surface area (Å²) in [4.78, 5) is 10.6. The van der Waals surface area contributed by atoms with Crippen LogP contribution in [-0.2, 0) is 0 Å². The van der Waals surface area contributed by atoms with Crippen molar-refractivity contribution in [1.29, 1.82) is 0 Å². The number of hydrogen-bond acceptors (Lipinski definition) is 1. The first-order chi connectivity index (χ1) is 11.7. The van der Waals surface area contributed by atoms with Crippen molar-refractivity contribution in [3.05, 3.63) is 12.7 Å². The largest absolute Gasteiger partial charge is 0.465 e. The van der Waals surface area contributed by atoms with Gasteiger partial charge in [0.05, 0.1) is 6.04 Å². The molecule has 0 aromatic heterocycles. The molecule has 0 aliphatic heterocycles. The molecule has 0 fully saturated rings. The summed E-state index contributed by atoms with van der Waals surface area (Å²) in [6, 6.07) is -0.0931. The molecule has 0 saturated carbocycles. The molecule has 0 aliphatic rings. The third kappa shape index (κ3) is 17.4. The van der Waals surface area contributed by atoms with E-state index in [1.807, 2.05) is 0 Å². The fourth-order valence-corrected chi connectivity index (χ4v) is 3.14. The smallest absolute Gasteiger partial charge is 0.405 e. The predicted molar refractivity (Wildman–Crippen MR) is 105 cm³/mol. The molecule has 1 atom stereocenters. The molecule has 142 valence electrons. The van der Waals surface area contributed by atoms with Crippen LogP contribution in [0, 0.1) is 0 Å². The minimum Gasteiger partial charge on any atom is -0.465 e. The maximum atomic E-state index is 10.6. The van der Waals surface area contributed by atoms with E-state index in [0.717, 1.165) is 12.8 Å². The van der Waals surface area contributed by atoms with Gasteiger partial charge in [0.1, 0.15) is 0 Å². The highest BCUT2D eigenvalue weighted by atomic mass is 16.4. The van der Waals surface area contributed by atoms with Gasteiger partial charge in [0.25, 0.3) is 0 Å². The third-order valence-electron chi connectivity index (χ3n) is 4.71. The molecular formula is C21H41NO2. The van der Waals surface area contributed by atoms with E-state index < -0.39 is 6.09 Å². The lowest BCUT2D eigenvalue weighted by molar-refractivity contribution is 0.191. The average molecular weight is 340 g/mol. The molecule has 0 aliphatic carbocycles. The van der Waals surface area contributed by atoms with E-state index in [1.54, 1.807) is 6.08 Å². The predicted octanol–water partition coefficient (Wildman–Crippen LogP) is 7.07. The molecule has 0 aromatic carbocycles. The maximum Gasteiger partial charge on any atom is 0.405 e. The molecule has 0 radical (unpaired) electrons. The molecule has 2 N–H and O–H groups in total. The molecule has 3 heteroatoms. The number of amides is 1. The lowest BCUT2D eigenvalue weighted by atomic mass is 10.0. The van der Waals surface area contributed by atoms with E-state index in [0.29, 0.717) is 0 Å². The third-order valence-corrected chi connectivity index (χ3v) is 4.71. The van der Waals surface area contributed by atoms with E-state index in [4.69, 9.17) is 5.11 Å². The summed E-state index contributed by atoms with van der Waals surface area (Å²) in [5.41, 5.74) is 0. The second kappa shape index (κ2) is 18.4. The van der Waals surface area contributed by atoms with Gasteiger partial charge in [-0.05, 0) is 6.42 Å². The van der Waals surface area contributed by atoms with Crippen LogP contribution in [0.2, 0.25) is 0 Å². The van der Waals surface area contributed by atoms with Crippen LogP contribution in [0.5, 0.6) is 0 Å². The summed E-state index contributed by atoms with van der Waals surface area (Å²) >= 11 is 0. The van der Waals surface area contributed by atoms with Crippen LogP contribution in [0.15, 0.2) is 12.7 Å². The first-order valence-corrected chi connectivity index (χ1v) is 10.3. The van der Waals surface area contributed by atoms with Gasteiger partial charge in [-0.1, -0.05) is 109 Å². The van der Waals surface area contributed by atoms with Gasteiger partial charge in [0.15, 0.2) is 0 Å². The molecule has 3 nitrogen and oxygen atoms in total. The van der Waals surface area contributed by atoms with Crippen molar-refractivity contribution in [2.45, 2.75) is 116 Å². The lowest BCUT2D eigenvalue weighted by Crippen LogP contribution is -2.31. The second-order valence-electron chi connectivity index (χ2n) is 7.03. The minimum absolute atomic E-state index is 0.0931. The Labute approximate surface area is 150 Å². The normalized spacial score (nSPS) is 12.0. The van der Waals surface area contributed by atoms with Gasteiger partial charge >= 0.3 is 6.09 Å². The van der Waals surface area contributed by atoms with Crippen molar-refractivity contribution in [2.75, 3.05) is 0 Å². The zero-order valence-corrected chi connectivity index (χ0v) is 16.0. The SMILES string of the molecule is C=CC(CCCCCCCCCCCCCCCCC)NC(=O)O. The minimum atomic E-state index is -0.958. The quantitative estimate of drug-likeness (QED) is 0.207. The van der Waals surface area contributed by atoms with E-state index in [-0.39, 0.29) is 6.04 Å². The Morgan fingerprint density at radius 2 is 1.21 bits per heavy atom. The number of unbranched alkanes of at least 4 members (excludes halogenated alkanes) is 14. The van der Waals surface area contributed by atoms with Crippen LogP contribution in [0.4, 0.5) is 4.79 Å². The summed E-state index contributed by atoms with van der Waals surface area (Å²) in [7, 11) is 0. The zero-order valence-electron chi connectivity index (χ0n) is 16.0. The topological polar surface area (TPSA) is 49.3 Å². The van der Waals surface area contributed by atoms with Crippen LogP contribution in [0.3, 0.4) is 0 Å². The summed E-state index contributed by atoms with van der Waals surface area (Å²) < 4.78 is 0. The molecule has 0 heterocycles. The number of nitrogens with one attached hydrogen (secondary N) is 1. The Kier molecular flexibility index (Phi) is 17.6. The summed E-state index contributed by atoms with van der Waals surface area (Å²) in [6.07, 6.45) is 21.9. The van der Waals surface area contributed by atoms with Crippen molar-refractivity contribution in [3.8, 4) is 0 Å². The highest BCUT2D eigenvalue weighted by Gasteiger charge is 2.06. The standard InChI is InChI=1S/C21H41NO2/c1-3-5-6-7-8-9-10-11-12-13-14-15-16-17-18-19-20(4-2)22-21(23)24/h4,20,22H,2-3,5-19H2,1H3,(H,23,24). The van der Waals surface area contributed by atoms with Crippen molar-refractivity contribution < 1.29 is 9.90 Å². The van der Waals surface area contributed by atoms with E-state index in [2.05, 4.69) is 18.8 Å². The number of carbonyl (C=O) groups is 1. The van der Waals surface area contributed by atoms with Crippen molar-refractivity contribution in [1.82, 2.24) is 5.32 Å². The Bertz CT molecular complexity index is 292. The first-order valence-electron chi connectivity index (χ1n) is 10.3. The summed E-state index contributed by atoms with van der Waals surface area (Å²) in [5, 5.41) is 11.2. The van der Waals surface area contributed by atoms with Crippen molar-refractivity contribution in [2.24, 2.45) is 0 Å². The molecule has 0 bridgehead atoms. The van der Waals surface area contributed by atoms with Crippen LogP contribution < -0.4 is 5.32 Å². The molecule has 1 unspecified atom stereocenters. The van der Waals surface area contributed by atoms with Crippen molar-refractivity contribution in [3.63, 3.8) is 0 Å². The fraction of sp³-hybridized carbons (Fsp3) is 0.857. The van der Waals surface area contributed by atoms with Gasteiger partial charge in [-0.15, -0.1) is 6.58 Å². The Morgan fingerprint density at radius 3 is 1.54 bits per heavy atom. The average Bonchev–Trinajstić information content (AvgIpc) is 2.56. The van der Waals surface area contributed by atoms with Crippen LogP contribution >= 0.6 is 0 Å². The van der Waals surface area contributed by atoms with Gasteiger partial charge in [0, 0.05) is 0 Å². The number of hydrogen-bond donors (Lipinski definition) is 2. The Balaban J connectivity index is 3.17. The number of rotatable bonds is 18. The monoisotopic (exact) mass is 339 g/mol. The van der Waals surface area contributed by atoms with Crippen LogP contribution in [-0.4, -0.2) is 17.2 Å². The number of carboxylic acid groups (broad SMARTS) is 1. The first kappa shape index (κ1) is 23.0. The van der Waals surface area contributed by atoms with Crippen molar-refractivity contribution >= 4 is 6.09 Å². The fourth-order valence-electron chi connectivity index (χ4n) is 3.14. The molecule has 0 rings (SSSR count). The highest BCUT2D eigenvalue weighted by molar-refractivity contribution is 5.65. The highest BCUT2D eigenvalue weighted by Crippen LogP contribution is 2.14. The van der Waals surface area contributed by atoms with Crippen LogP contribution in [0.25, 0.3) is 0 Å². The summed E-state index contributed by atoms with van der Waals surface area (Å²) in [5.74, 6) is 0. The van der Waals surface area contributed by atoms with Gasteiger partial charge in [-0.25, -0.2) is 4.79 Å². The van der Waals surface area contributed by atoms with E-state index in [9.17, 15) is 4.79 Å². The molecule has 24 heavy (non-hydrogen) atoms. The molecule has 0 spiro atoms. The summed E-state index contributed by atoms with van der Waals surface area (Å²) in [6.45, 7) is 5.95. The van der Waals surface area contributed by atoms with E-state index in [1.165, 1.54) is 89.9 Å². The Morgan fingerprint density at radius 1 is 0.833 bits per heavy atom. The molecular weight excluding hydrogens is 298 g/mol. The van der Waals surface area contributed by atoms with Gasteiger partial charge in [-0.2, -0.15) is 0 Å². The zero-order chi connectivity index (χ0) is 17.9.